The van der Waals surface area contributed by atoms with E-state index in [1.807, 2.05) is 41.8 Å². The third kappa shape index (κ3) is 7.18. The van der Waals surface area contributed by atoms with Gasteiger partial charge in [-0.1, -0.05) is 78.8 Å². The second-order valence-electron chi connectivity index (χ2n) is 7.68. The van der Waals surface area contributed by atoms with Gasteiger partial charge in [-0.2, -0.15) is 0 Å². The Labute approximate surface area is 198 Å². The van der Waals surface area contributed by atoms with E-state index in [1.54, 1.807) is 6.92 Å². The Hall–Kier alpha value is -3.13. The Morgan fingerprint density at radius 2 is 1.79 bits per heavy atom. The number of esters is 1. The molecule has 1 aromatic heterocycles. The van der Waals surface area contributed by atoms with Crippen molar-refractivity contribution in [3.8, 4) is 0 Å². The zero-order valence-electron chi connectivity index (χ0n) is 19.3. The Morgan fingerprint density at radius 3 is 2.45 bits per heavy atom. The van der Waals surface area contributed by atoms with Gasteiger partial charge in [0, 0.05) is 0 Å². The molecule has 0 aliphatic carbocycles. The first-order valence-corrected chi connectivity index (χ1v) is 12.1. The van der Waals surface area contributed by atoms with Gasteiger partial charge >= 0.3 is 5.97 Å². The van der Waals surface area contributed by atoms with Crippen LogP contribution in [0.15, 0.2) is 59.8 Å². The van der Waals surface area contributed by atoms with Gasteiger partial charge in [-0.15, -0.1) is 10.2 Å². The van der Waals surface area contributed by atoms with Gasteiger partial charge in [0.25, 0.3) is 0 Å². The number of benzene rings is 2. The van der Waals surface area contributed by atoms with Gasteiger partial charge in [0.1, 0.15) is 12.2 Å². The van der Waals surface area contributed by atoms with E-state index in [0.29, 0.717) is 24.1 Å². The molecule has 0 fully saturated rings. The molecule has 0 bridgehead atoms. The summed E-state index contributed by atoms with van der Waals surface area (Å²) in [6.07, 6.45) is 0.832. The molecule has 7 nitrogen and oxygen atoms in total. The minimum atomic E-state index is -0.350. The molecule has 8 heteroatoms. The van der Waals surface area contributed by atoms with Crippen LogP contribution in [0.5, 0.6) is 0 Å². The smallest absolute Gasteiger partial charge is 0.313 e. The molecular formula is C25H30N4O3S. The number of amides is 1. The first kappa shape index (κ1) is 24.5. The molecule has 0 aliphatic rings. The van der Waals surface area contributed by atoms with Crippen molar-refractivity contribution in [1.82, 2.24) is 20.1 Å². The average molecular weight is 467 g/mol. The number of aryl methyl sites for hydroxylation is 1. The van der Waals surface area contributed by atoms with Crippen LogP contribution in [-0.4, -0.2) is 39.0 Å². The zero-order chi connectivity index (χ0) is 23.6. The number of thioether (sulfide) groups is 1. The number of carbonyl (C=O) groups excluding carboxylic acids is 2. The maximum Gasteiger partial charge on any atom is 0.313 e. The minimum Gasteiger partial charge on any atom is -0.466 e. The molecule has 1 N–H and O–H groups in total. The standard InChI is InChI=1S/C25H30N4O3S/c1-4-21(20-13-11-18(3)12-14-20)26-23(30)17-33-25-28-27-22(15-24(31)32-5-2)29(25)16-19-9-7-6-8-10-19/h6-14,21H,4-5,15-17H2,1-3H3,(H,26,30)/t21-/m1/s1. The monoisotopic (exact) mass is 466 g/mol. The van der Waals surface area contributed by atoms with Crippen LogP contribution in [-0.2, 0) is 27.3 Å². The van der Waals surface area contributed by atoms with Crippen LogP contribution in [0.3, 0.4) is 0 Å². The minimum absolute atomic E-state index is 0.0335. The van der Waals surface area contributed by atoms with E-state index < -0.39 is 0 Å². The number of hydrogen-bond donors (Lipinski definition) is 1. The SMILES string of the molecule is CCOC(=O)Cc1nnc(SCC(=O)N[C@H](CC)c2ccc(C)cc2)n1Cc1ccccc1. The fourth-order valence-electron chi connectivity index (χ4n) is 3.41. The van der Waals surface area contributed by atoms with Crippen molar-refractivity contribution < 1.29 is 14.3 Å². The Balaban J connectivity index is 1.69. The molecule has 0 saturated heterocycles. The molecule has 0 radical (unpaired) electrons. The van der Waals surface area contributed by atoms with Crippen molar-refractivity contribution in [1.29, 1.82) is 0 Å². The number of carbonyl (C=O) groups is 2. The lowest BCUT2D eigenvalue weighted by Gasteiger charge is -2.17. The topological polar surface area (TPSA) is 86.1 Å². The van der Waals surface area contributed by atoms with Gasteiger partial charge in [0.15, 0.2) is 5.16 Å². The summed E-state index contributed by atoms with van der Waals surface area (Å²) in [7, 11) is 0. The van der Waals surface area contributed by atoms with Crippen molar-refractivity contribution in [2.24, 2.45) is 0 Å². The molecule has 1 heterocycles. The maximum atomic E-state index is 12.7. The van der Waals surface area contributed by atoms with E-state index in [1.165, 1.54) is 17.3 Å². The second kappa shape index (κ2) is 12.2. The predicted molar refractivity (Wildman–Crippen MR) is 129 cm³/mol. The molecule has 0 aliphatic heterocycles. The fraction of sp³-hybridized carbons (Fsp3) is 0.360. The molecule has 0 unspecified atom stereocenters. The highest BCUT2D eigenvalue weighted by Gasteiger charge is 2.19. The van der Waals surface area contributed by atoms with Crippen molar-refractivity contribution in [3.05, 3.63) is 77.1 Å². The molecule has 0 saturated carbocycles. The summed E-state index contributed by atoms with van der Waals surface area (Å²) in [4.78, 5) is 24.7. The van der Waals surface area contributed by atoms with Gasteiger partial charge in [-0.05, 0) is 31.4 Å². The van der Waals surface area contributed by atoms with E-state index in [2.05, 4.69) is 46.7 Å². The average Bonchev–Trinajstić information content (AvgIpc) is 3.18. The van der Waals surface area contributed by atoms with Crippen molar-refractivity contribution >= 4 is 23.6 Å². The molecule has 1 atom stereocenters. The number of hydrogen-bond acceptors (Lipinski definition) is 6. The lowest BCUT2D eigenvalue weighted by atomic mass is 10.0. The fourth-order valence-corrected chi connectivity index (χ4v) is 4.18. The van der Waals surface area contributed by atoms with Crippen molar-refractivity contribution in [2.45, 2.75) is 51.4 Å². The first-order chi connectivity index (χ1) is 16.0. The Morgan fingerprint density at radius 1 is 1.06 bits per heavy atom. The van der Waals surface area contributed by atoms with Crippen LogP contribution in [0.25, 0.3) is 0 Å². The number of aromatic nitrogens is 3. The molecule has 3 aromatic rings. The summed E-state index contributed by atoms with van der Waals surface area (Å²) < 4.78 is 6.95. The molecule has 33 heavy (non-hydrogen) atoms. The Kier molecular flexibility index (Phi) is 9.06. The van der Waals surface area contributed by atoms with Crippen LogP contribution in [0.2, 0.25) is 0 Å². The van der Waals surface area contributed by atoms with Crippen LogP contribution >= 0.6 is 11.8 Å². The van der Waals surface area contributed by atoms with Gasteiger partial charge < -0.3 is 14.6 Å². The van der Waals surface area contributed by atoms with Crippen LogP contribution in [0.4, 0.5) is 0 Å². The second-order valence-corrected chi connectivity index (χ2v) is 8.62. The van der Waals surface area contributed by atoms with E-state index >= 15 is 0 Å². The van der Waals surface area contributed by atoms with Gasteiger partial charge in [-0.25, -0.2) is 0 Å². The van der Waals surface area contributed by atoms with Crippen molar-refractivity contribution in [2.75, 3.05) is 12.4 Å². The third-order valence-corrected chi connectivity index (χ3v) is 6.11. The van der Waals surface area contributed by atoms with Crippen molar-refractivity contribution in [3.63, 3.8) is 0 Å². The summed E-state index contributed by atoms with van der Waals surface area (Å²) in [6, 6.07) is 18.0. The third-order valence-electron chi connectivity index (χ3n) is 5.14. The molecule has 2 aromatic carbocycles. The quantitative estimate of drug-likeness (QED) is 0.338. The van der Waals surface area contributed by atoms with Crippen LogP contribution < -0.4 is 5.32 Å². The lowest BCUT2D eigenvalue weighted by molar-refractivity contribution is -0.142. The van der Waals surface area contributed by atoms with Crippen LogP contribution in [0.1, 0.15) is 48.8 Å². The van der Waals surface area contributed by atoms with Gasteiger partial charge in [0.05, 0.1) is 24.9 Å². The number of nitrogens with one attached hydrogen (secondary N) is 1. The normalized spacial score (nSPS) is 11.7. The molecule has 1 amide bonds. The van der Waals surface area contributed by atoms with E-state index in [-0.39, 0.29) is 30.1 Å². The zero-order valence-corrected chi connectivity index (χ0v) is 20.1. The number of ether oxygens (including phenoxy) is 1. The van der Waals surface area contributed by atoms with E-state index in [9.17, 15) is 9.59 Å². The van der Waals surface area contributed by atoms with Crippen LogP contribution in [0, 0.1) is 6.92 Å². The molecule has 174 valence electrons. The summed E-state index contributed by atoms with van der Waals surface area (Å²) in [6.45, 7) is 6.69. The van der Waals surface area contributed by atoms with Gasteiger partial charge in [-0.3, -0.25) is 9.59 Å². The summed E-state index contributed by atoms with van der Waals surface area (Å²) in [5.41, 5.74) is 3.33. The van der Waals surface area contributed by atoms with Gasteiger partial charge in [0.2, 0.25) is 5.91 Å². The summed E-state index contributed by atoms with van der Waals surface area (Å²) >= 11 is 1.31. The number of nitrogens with zero attached hydrogens (tertiary/aromatic N) is 3. The summed E-state index contributed by atoms with van der Waals surface area (Å²) in [5, 5.41) is 12.2. The Bertz CT molecular complexity index is 1050. The number of rotatable bonds is 11. The van der Waals surface area contributed by atoms with E-state index in [4.69, 9.17) is 4.74 Å². The largest absolute Gasteiger partial charge is 0.466 e. The molecular weight excluding hydrogens is 436 g/mol. The lowest BCUT2D eigenvalue weighted by Crippen LogP contribution is -2.29. The maximum absolute atomic E-state index is 12.7. The van der Waals surface area contributed by atoms with E-state index in [0.717, 1.165) is 17.5 Å². The molecule has 3 rings (SSSR count). The highest BCUT2D eigenvalue weighted by atomic mass is 32.2. The molecule has 0 spiro atoms. The highest BCUT2D eigenvalue weighted by Crippen LogP contribution is 2.21. The first-order valence-electron chi connectivity index (χ1n) is 11.1. The summed E-state index contributed by atoms with van der Waals surface area (Å²) in [5.74, 6) is 0.298. The predicted octanol–water partition coefficient (Wildman–Crippen LogP) is 4.10. The highest BCUT2D eigenvalue weighted by molar-refractivity contribution is 7.99.